The molecule has 2 bridgehead atoms. The number of carbonyl (C=O) groups is 2. The molecule has 3 saturated heterocycles. The van der Waals surface area contributed by atoms with Gasteiger partial charge in [-0.3, -0.25) is 13.9 Å². The van der Waals surface area contributed by atoms with Gasteiger partial charge in [-0.2, -0.15) is 0 Å². The Morgan fingerprint density at radius 1 is 1.32 bits per heavy atom. The van der Waals surface area contributed by atoms with Gasteiger partial charge in [-0.15, -0.1) is 0 Å². The van der Waals surface area contributed by atoms with Gasteiger partial charge in [0.05, 0.1) is 25.0 Å². The molecule has 28 heavy (non-hydrogen) atoms. The summed E-state index contributed by atoms with van der Waals surface area (Å²) >= 11 is 0. The summed E-state index contributed by atoms with van der Waals surface area (Å²) in [6.07, 6.45) is 1.41. The Balaban J connectivity index is 1.47. The molecule has 152 valence electrons. The second kappa shape index (κ2) is 7.69. The van der Waals surface area contributed by atoms with Gasteiger partial charge < -0.3 is 14.4 Å². The molecule has 0 saturated carbocycles. The second-order valence-electron chi connectivity index (χ2n) is 7.43. The van der Waals surface area contributed by atoms with Crippen LogP contribution in [0.4, 0.5) is 20.6 Å². The third kappa shape index (κ3) is 3.59. The van der Waals surface area contributed by atoms with Gasteiger partial charge in [0, 0.05) is 40.8 Å². The Morgan fingerprint density at radius 2 is 2.04 bits per heavy atom. The van der Waals surface area contributed by atoms with E-state index >= 15 is 0 Å². The van der Waals surface area contributed by atoms with Crippen LogP contribution in [-0.4, -0.2) is 59.6 Å². The molecule has 4 rings (SSSR count). The first kappa shape index (κ1) is 19.2. The van der Waals surface area contributed by atoms with Crippen LogP contribution in [0.5, 0.6) is 0 Å². The van der Waals surface area contributed by atoms with Gasteiger partial charge in [0.1, 0.15) is 11.9 Å². The van der Waals surface area contributed by atoms with E-state index in [0.29, 0.717) is 29.3 Å². The van der Waals surface area contributed by atoms with Crippen LogP contribution in [0, 0.1) is 5.82 Å². The summed E-state index contributed by atoms with van der Waals surface area (Å²) in [7, 11) is 0.484. The maximum atomic E-state index is 14.9. The Hall–Kier alpha value is -2.16. The van der Waals surface area contributed by atoms with Crippen molar-refractivity contribution in [1.29, 1.82) is 0 Å². The first-order valence-corrected chi connectivity index (χ1v) is 10.9. The van der Waals surface area contributed by atoms with Gasteiger partial charge >= 0.3 is 12.1 Å². The maximum Gasteiger partial charge on any atom is 0.414 e. The predicted octanol–water partition coefficient (Wildman–Crippen LogP) is 2.20. The van der Waals surface area contributed by atoms with E-state index in [1.165, 1.54) is 18.1 Å². The van der Waals surface area contributed by atoms with Crippen molar-refractivity contribution in [1.82, 2.24) is 0 Å². The van der Waals surface area contributed by atoms with Crippen molar-refractivity contribution < 1.29 is 27.7 Å². The Labute approximate surface area is 165 Å². The quantitative estimate of drug-likeness (QED) is 0.693. The molecule has 2 unspecified atom stereocenters. The number of amides is 1. The zero-order chi connectivity index (χ0) is 19.8. The number of carbonyl (C=O) groups excluding carboxylic acids is 2. The average Bonchev–Trinajstić information content (AvgIpc) is 3.16. The zero-order valence-electron chi connectivity index (χ0n) is 15.6. The number of methoxy groups -OCH3 is 1. The van der Waals surface area contributed by atoms with E-state index in [4.69, 9.17) is 4.74 Å². The van der Waals surface area contributed by atoms with Crippen molar-refractivity contribution in [3.63, 3.8) is 0 Å². The Bertz CT molecular complexity index is 804. The zero-order valence-corrected chi connectivity index (χ0v) is 16.5. The minimum Gasteiger partial charge on any atom is -0.469 e. The van der Waals surface area contributed by atoms with Gasteiger partial charge in [0.2, 0.25) is 0 Å². The number of benzene rings is 1. The lowest BCUT2D eigenvalue weighted by molar-refractivity contribution is -0.141. The lowest BCUT2D eigenvalue weighted by atomic mass is 10.1. The SMILES string of the molecule is COC(=O)CC[C@H]1CN(c2ccc(N3C4CCC3CS(=O)C4)c(F)c2)C(=O)O1. The number of halogens is 1. The highest BCUT2D eigenvalue weighted by atomic mass is 32.2. The molecular formula is C19H23FN2O5S. The van der Waals surface area contributed by atoms with Crippen LogP contribution in [0.1, 0.15) is 25.7 Å². The minimum absolute atomic E-state index is 0.111. The molecule has 9 heteroatoms. The van der Waals surface area contributed by atoms with E-state index in [-0.39, 0.29) is 31.0 Å². The fourth-order valence-corrected chi connectivity index (χ4v) is 5.96. The standard InChI is InChI=1S/C19H23FN2O5S/c1-26-18(23)7-5-15-9-21(19(24)27-15)12-4-6-17(16(20)8-12)22-13-2-3-14(22)11-28(25)10-13/h4,6,8,13-15H,2-3,5,7,9-11H2,1H3/t13?,14?,15-,28?/m0/s1. The number of anilines is 2. The van der Waals surface area contributed by atoms with Crippen molar-refractivity contribution >= 4 is 34.2 Å². The molecule has 0 radical (unpaired) electrons. The van der Waals surface area contributed by atoms with Crippen LogP contribution in [-0.2, 0) is 25.1 Å². The largest absolute Gasteiger partial charge is 0.469 e. The molecule has 3 aliphatic heterocycles. The highest BCUT2D eigenvalue weighted by Crippen LogP contribution is 2.37. The van der Waals surface area contributed by atoms with Crippen LogP contribution in [0.15, 0.2) is 18.2 Å². The highest BCUT2D eigenvalue weighted by Gasteiger charge is 2.41. The summed E-state index contributed by atoms with van der Waals surface area (Å²) in [5, 5.41) is 0. The van der Waals surface area contributed by atoms with Crippen molar-refractivity contribution in [3.8, 4) is 0 Å². The summed E-state index contributed by atoms with van der Waals surface area (Å²) in [5.41, 5.74) is 0.933. The number of nitrogens with zero attached hydrogens (tertiary/aromatic N) is 2. The average molecular weight is 410 g/mol. The van der Waals surface area contributed by atoms with Crippen LogP contribution in [0.3, 0.4) is 0 Å². The van der Waals surface area contributed by atoms with E-state index in [1.807, 2.05) is 0 Å². The molecule has 3 heterocycles. The van der Waals surface area contributed by atoms with E-state index in [2.05, 4.69) is 9.64 Å². The Kier molecular flexibility index (Phi) is 5.27. The number of hydrogen-bond donors (Lipinski definition) is 0. The molecular weight excluding hydrogens is 387 g/mol. The number of ether oxygens (including phenoxy) is 2. The second-order valence-corrected chi connectivity index (χ2v) is 8.98. The fraction of sp³-hybridized carbons (Fsp3) is 0.579. The summed E-state index contributed by atoms with van der Waals surface area (Å²) in [6, 6.07) is 4.98. The molecule has 0 aliphatic carbocycles. The smallest absolute Gasteiger partial charge is 0.414 e. The molecule has 0 N–H and O–H groups in total. The third-order valence-corrected chi connectivity index (χ3v) is 7.18. The highest BCUT2D eigenvalue weighted by molar-refractivity contribution is 7.85. The van der Waals surface area contributed by atoms with Gasteiger partial charge in [0.15, 0.2) is 0 Å². The number of rotatable bonds is 5. The van der Waals surface area contributed by atoms with Crippen LogP contribution < -0.4 is 9.80 Å². The Morgan fingerprint density at radius 3 is 2.68 bits per heavy atom. The van der Waals surface area contributed by atoms with Gasteiger partial charge in [-0.05, 0) is 37.5 Å². The monoisotopic (exact) mass is 410 g/mol. The van der Waals surface area contributed by atoms with Gasteiger partial charge in [-0.1, -0.05) is 0 Å². The fourth-order valence-electron chi connectivity index (χ4n) is 4.32. The van der Waals surface area contributed by atoms with Crippen molar-refractivity contribution in [2.24, 2.45) is 0 Å². The van der Waals surface area contributed by atoms with Gasteiger partial charge in [0.25, 0.3) is 0 Å². The summed E-state index contributed by atoms with van der Waals surface area (Å²) in [5.74, 6) is 0.408. The van der Waals surface area contributed by atoms with Crippen LogP contribution >= 0.6 is 0 Å². The predicted molar refractivity (Wildman–Crippen MR) is 102 cm³/mol. The van der Waals surface area contributed by atoms with E-state index < -0.39 is 28.8 Å². The summed E-state index contributed by atoms with van der Waals surface area (Å²) in [6.45, 7) is 0.266. The molecule has 3 aliphatic rings. The summed E-state index contributed by atoms with van der Waals surface area (Å²) in [4.78, 5) is 26.9. The topological polar surface area (TPSA) is 76.2 Å². The number of cyclic esters (lactones) is 1. The normalized spacial score (nSPS) is 29.1. The number of fused-ring (bicyclic) bond motifs is 2. The minimum atomic E-state index is -0.827. The number of hydrogen-bond acceptors (Lipinski definition) is 6. The van der Waals surface area contributed by atoms with Crippen molar-refractivity contribution in [2.45, 2.75) is 43.9 Å². The van der Waals surface area contributed by atoms with Gasteiger partial charge in [-0.25, -0.2) is 9.18 Å². The lowest BCUT2D eigenvalue weighted by Crippen LogP contribution is -2.47. The summed E-state index contributed by atoms with van der Waals surface area (Å²) < 4.78 is 36.7. The molecule has 1 aromatic carbocycles. The molecule has 0 aromatic heterocycles. The molecule has 1 amide bonds. The van der Waals surface area contributed by atoms with E-state index in [1.54, 1.807) is 12.1 Å². The molecule has 3 fully saturated rings. The molecule has 3 atom stereocenters. The number of esters is 1. The van der Waals surface area contributed by atoms with Crippen molar-refractivity contribution in [3.05, 3.63) is 24.0 Å². The molecule has 7 nitrogen and oxygen atoms in total. The van der Waals surface area contributed by atoms with E-state index in [9.17, 15) is 18.2 Å². The first-order chi connectivity index (χ1) is 13.5. The maximum absolute atomic E-state index is 14.9. The van der Waals surface area contributed by atoms with Crippen LogP contribution in [0.2, 0.25) is 0 Å². The molecule has 0 spiro atoms. The lowest BCUT2D eigenvalue weighted by Gasteiger charge is -2.36. The third-order valence-electron chi connectivity index (χ3n) is 5.67. The first-order valence-electron chi connectivity index (χ1n) is 9.44. The molecule has 1 aromatic rings. The van der Waals surface area contributed by atoms with E-state index in [0.717, 1.165) is 12.8 Å². The van der Waals surface area contributed by atoms with Crippen molar-refractivity contribution in [2.75, 3.05) is 35.0 Å². The van der Waals surface area contributed by atoms with Crippen LogP contribution in [0.25, 0.3) is 0 Å².